The topological polar surface area (TPSA) is 29.5 Å². The molecule has 1 amide bonds. The van der Waals surface area contributed by atoms with Crippen LogP contribution < -0.4 is 0 Å². The minimum absolute atomic E-state index is 0.156. The van der Waals surface area contributed by atoms with E-state index < -0.39 is 0 Å². The van der Waals surface area contributed by atoms with Crippen LogP contribution in [0.2, 0.25) is 5.82 Å². The first-order valence-corrected chi connectivity index (χ1v) is 5.86. The van der Waals surface area contributed by atoms with Crippen LogP contribution in [0.25, 0.3) is 0 Å². The molecular weight excluding hydrogens is 189 g/mol. The van der Waals surface area contributed by atoms with Crippen molar-refractivity contribution in [2.75, 3.05) is 13.1 Å². The van der Waals surface area contributed by atoms with E-state index in [0.29, 0.717) is 5.82 Å². The summed E-state index contributed by atoms with van der Waals surface area (Å²) in [6, 6.07) is 0. The Kier molecular flexibility index (Phi) is 4.06. The Morgan fingerprint density at radius 1 is 1.40 bits per heavy atom. The molecule has 3 nitrogen and oxygen atoms in total. The van der Waals surface area contributed by atoms with Crippen molar-refractivity contribution in [3.63, 3.8) is 0 Å². The molecule has 0 saturated carbocycles. The number of carbonyl (C=O) groups is 1. The summed E-state index contributed by atoms with van der Waals surface area (Å²) in [6.07, 6.45) is 3.39. The summed E-state index contributed by atoms with van der Waals surface area (Å²) in [4.78, 5) is 13.7. The fourth-order valence-electron chi connectivity index (χ4n) is 1.85. The van der Waals surface area contributed by atoms with Crippen LogP contribution in [0.3, 0.4) is 0 Å². The van der Waals surface area contributed by atoms with Gasteiger partial charge in [-0.15, -0.1) is 0 Å². The van der Waals surface area contributed by atoms with Gasteiger partial charge in [0.15, 0.2) is 0 Å². The lowest BCUT2D eigenvalue weighted by atomic mass is 9.84. The molecule has 0 N–H and O–H groups in total. The quantitative estimate of drug-likeness (QED) is 0.572. The van der Waals surface area contributed by atoms with E-state index >= 15 is 0 Å². The number of amides is 1. The van der Waals surface area contributed by atoms with Gasteiger partial charge in [-0.2, -0.15) is 0 Å². The van der Waals surface area contributed by atoms with Crippen LogP contribution in [0.5, 0.6) is 0 Å². The lowest BCUT2D eigenvalue weighted by molar-refractivity contribution is 0.0257. The van der Waals surface area contributed by atoms with E-state index in [1.807, 2.05) is 25.7 Å². The van der Waals surface area contributed by atoms with Crippen LogP contribution in [0.15, 0.2) is 0 Å². The summed E-state index contributed by atoms with van der Waals surface area (Å²) in [5.41, 5.74) is -0.382. The van der Waals surface area contributed by atoms with Crippen LogP contribution in [-0.4, -0.2) is 37.5 Å². The molecule has 1 atom stereocenters. The molecule has 1 fully saturated rings. The number of nitrogens with zero attached hydrogens (tertiary/aromatic N) is 1. The third-order valence-electron chi connectivity index (χ3n) is 2.56. The van der Waals surface area contributed by atoms with Crippen molar-refractivity contribution >= 4 is 13.9 Å². The number of hydrogen-bond donors (Lipinski definition) is 0. The summed E-state index contributed by atoms with van der Waals surface area (Å²) in [7, 11) is 2.20. The second-order valence-corrected chi connectivity index (χ2v) is 5.53. The number of carbonyl (C=O) groups excluding carboxylic acids is 1. The predicted octanol–water partition coefficient (Wildman–Crippen LogP) is 1.83. The third kappa shape index (κ3) is 4.58. The average molecular weight is 211 g/mol. The van der Waals surface area contributed by atoms with Gasteiger partial charge in [-0.1, -0.05) is 18.7 Å². The molecule has 1 heterocycles. The maximum absolute atomic E-state index is 11.8. The molecule has 1 aliphatic heterocycles. The van der Waals surface area contributed by atoms with Crippen LogP contribution in [0.1, 0.15) is 40.0 Å². The molecule has 0 radical (unpaired) electrons. The minimum atomic E-state index is -0.382. The normalized spacial score (nSPS) is 23.4. The van der Waals surface area contributed by atoms with E-state index in [1.54, 1.807) is 0 Å². The highest BCUT2D eigenvalue weighted by molar-refractivity contribution is 6.11. The largest absolute Gasteiger partial charge is 0.444 e. The molecule has 86 valence electrons. The molecule has 0 aromatic rings. The van der Waals surface area contributed by atoms with Gasteiger partial charge in [0.2, 0.25) is 0 Å². The molecule has 1 aliphatic rings. The maximum atomic E-state index is 11.8. The first-order chi connectivity index (χ1) is 6.88. The summed E-state index contributed by atoms with van der Waals surface area (Å²) in [6.45, 7) is 7.42. The molecule has 0 unspecified atom stereocenters. The van der Waals surface area contributed by atoms with E-state index in [4.69, 9.17) is 4.74 Å². The number of ether oxygens (including phenoxy) is 1. The number of hydrogen-bond acceptors (Lipinski definition) is 2. The van der Waals surface area contributed by atoms with Gasteiger partial charge in [0, 0.05) is 13.1 Å². The monoisotopic (exact) mass is 211 g/mol. The van der Waals surface area contributed by atoms with Crippen molar-refractivity contribution in [2.45, 2.75) is 51.5 Å². The standard InChI is InChI=1S/C11H22BNO2/c1-11(2,3)15-10(14)13-7-5-4-6-9(12)8-13/h9H,4-8,12H2,1-3H3/t9-/m1/s1. The van der Waals surface area contributed by atoms with E-state index in [2.05, 4.69) is 7.85 Å². The Morgan fingerprint density at radius 2 is 2.07 bits per heavy atom. The zero-order valence-corrected chi connectivity index (χ0v) is 10.4. The molecule has 0 bridgehead atoms. The van der Waals surface area contributed by atoms with Gasteiger partial charge >= 0.3 is 6.09 Å². The lowest BCUT2D eigenvalue weighted by Gasteiger charge is -2.27. The van der Waals surface area contributed by atoms with Crippen molar-refractivity contribution in [1.82, 2.24) is 4.90 Å². The molecule has 0 aliphatic carbocycles. The number of rotatable bonds is 0. The van der Waals surface area contributed by atoms with Gasteiger partial charge in [-0.3, -0.25) is 0 Å². The summed E-state index contributed by atoms with van der Waals surface area (Å²) in [5, 5.41) is 0. The lowest BCUT2D eigenvalue weighted by Crippen LogP contribution is -2.38. The summed E-state index contributed by atoms with van der Waals surface area (Å²) in [5.74, 6) is 0.597. The van der Waals surface area contributed by atoms with Crippen LogP contribution in [0, 0.1) is 0 Å². The summed E-state index contributed by atoms with van der Waals surface area (Å²) >= 11 is 0. The molecule has 1 saturated heterocycles. The van der Waals surface area contributed by atoms with Crippen molar-refractivity contribution in [2.24, 2.45) is 0 Å². The Bertz CT molecular complexity index is 225. The van der Waals surface area contributed by atoms with Crippen LogP contribution in [0.4, 0.5) is 4.79 Å². The van der Waals surface area contributed by atoms with Crippen LogP contribution in [-0.2, 0) is 4.74 Å². The first kappa shape index (κ1) is 12.4. The molecule has 15 heavy (non-hydrogen) atoms. The smallest absolute Gasteiger partial charge is 0.410 e. The Balaban J connectivity index is 2.50. The number of likely N-dealkylation sites (tertiary alicyclic amines) is 1. The van der Waals surface area contributed by atoms with Crippen molar-refractivity contribution in [1.29, 1.82) is 0 Å². The Hall–Kier alpha value is -0.665. The van der Waals surface area contributed by atoms with E-state index in [0.717, 1.165) is 19.5 Å². The molecule has 1 rings (SSSR count). The van der Waals surface area contributed by atoms with E-state index in [-0.39, 0.29) is 11.7 Å². The Morgan fingerprint density at radius 3 is 2.67 bits per heavy atom. The van der Waals surface area contributed by atoms with Gasteiger partial charge in [-0.05, 0) is 27.2 Å². The van der Waals surface area contributed by atoms with Gasteiger partial charge in [0.25, 0.3) is 0 Å². The van der Waals surface area contributed by atoms with E-state index in [1.165, 1.54) is 12.8 Å². The van der Waals surface area contributed by atoms with E-state index in [9.17, 15) is 4.79 Å². The fraction of sp³-hybridized carbons (Fsp3) is 0.909. The second kappa shape index (κ2) is 4.91. The van der Waals surface area contributed by atoms with Crippen molar-refractivity contribution in [3.05, 3.63) is 0 Å². The van der Waals surface area contributed by atoms with Gasteiger partial charge in [0.05, 0.1) is 0 Å². The van der Waals surface area contributed by atoms with Crippen molar-refractivity contribution < 1.29 is 9.53 Å². The average Bonchev–Trinajstić information content (AvgIpc) is 2.26. The zero-order valence-electron chi connectivity index (χ0n) is 10.4. The highest BCUT2D eigenvalue weighted by Crippen LogP contribution is 2.20. The van der Waals surface area contributed by atoms with Crippen molar-refractivity contribution in [3.8, 4) is 0 Å². The molecule has 0 aromatic heterocycles. The highest BCUT2D eigenvalue weighted by atomic mass is 16.6. The first-order valence-electron chi connectivity index (χ1n) is 5.86. The third-order valence-corrected chi connectivity index (χ3v) is 2.56. The molecule has 0 aromatic carbocycles. The minimum Gasteiger partial charge on any atom is -0.444 e. The fourth-order valence-corrected chi connectivity index (χ4v) is 1.85. The Labute approximate surface area is 93.6 Å². The van der Waals surface area contributed by atoms with Gasteiger partial charge < -0.3 is 9.64 Å². The maximum Gasteiger partial charge on any atom is 0.410 e. The molecular formula is C11H22BNO2. The highest BCUT2D eigenvalue weighted by Gasteiger charge is 2.24. The van der Waals surface area contributed by atoms with Crippen LogP contribution >= 0.6 is 0 Å². The predicted molar refractivity (Wildman–Crippen MR) is 64.0 cm³/mol. The summed E-state index contributed by atoms with van der Waals surface area (Å²) < 4.78 is 5.37. The molecule has 0 spiro atoms. The zero-order chi connectivity index (χ0) is 11.5. The SMILES string of the molecule is B[C@@H]1CCCCN(C(=O)OC(C)(C)C)C1. The second-order valence-electron chi connectivity index (χ2n) is 5.53. The van der Waals surface area contributed by atoms with Gasteiger partial charge in [0.1, 0.15) is 13.4 Å². The van der Waals surface area contributed by atoms with Gasteiger partial charge in [-0.25, -0.2) is 4.79 Å². The molecule has 4 heteroatoms.